The summed E-state index contributed by atoms with van der Waals surface area (Å²) in [5, 5.41) is 0.575. The number of aryl methyl sites for hydroxylation is 1. The summed E-state index contributed by atoms with van der Waals surface area (Å²) in [6.45, 7) is 4.92. The van der Waals surface area contributed by atoms with E-state index in [0.29, 0.717) is 5.25 Å². The van der Waals surface area contributed by atoms with Crippen molar-refractivity contribution in [1.29, 1.82) is 0 Å². The first-order valence-electron chi connectivity index (χ1n) is 4.15. The molecule has 0 saturated heterocycles. The van der Waals surface area contributed by atoms with Crippen LogP contribution >= 0.6 is 11.8 Å². The molecule has 1 atom stereocenters. The third kappa shape index (κ3) is 2.57. The van der Waals surface area contributed by atoms with Gasteiger partial charge in [-0.1, -0.05) is 6.92 Å². The van der Waals surface area contributed by atoms with Gasteiger partial charge >= 0.3 is 0 Å². The SMILES string of the molecule is Cc1occc1SC(C)CCN. The third-order valence-corrected chi connectivity index (χ3v) is 3.03. The van der Waals surface area contributed by atoms with Crippen LogP contribution < -0.4 is 5.73 Å². The van der Waals surface area contributed by atoms with Gasteiger partial charge in [0.25, 0.3) is 0 Å². The molecule has 12 heavy (non-hydrogen) atoms. The van der Waals surface area contributed by atoms with Crippen LogP contribution in [0, 0.1) is 6.92 Å². The summed E-state index contributed by atoms with van der Waals surface area (Å²) in [6, 6.07) is 2.01. The molecule has 0 aliphatic rings. The van der Waals surface area contributed by atoms with Crippen molar-refractivity contribution in [1.82, 2.24) is 0 Å². The van der Waals surface area contributed by atoms with Gasteiger partial charge in [-0.25, -0.2) is 0 Å². The summed E-state index contributed by atoms with van der Waals surface area (Å²) in [6.07, 6.45) is 2.78. The first-order valence-corrected chi connectivity index (χ1v) is 5.03. The maximum absolute atomic E-state index is 5.46. The monoisotopic (exact) mass is 185 g/mol. The predicted octanol–water partition coefficient (Wildman–Crippen LogP) is 2.42. The Morgan fingerprint density at radius 1 is 1.67 bits per heavy atom. The molecule has 1 unspecified atom stereocenters. The lowest BCUT2D eigenvalue weighted by Gasteiger charge is -2.07. The molecule has 0 radical (unpaired) electrons. The second-order valence-electron chi connectivity index (χ2n) is 2.85. The van der Waals surface area contributed by atoms with Crippen LogP contribution in [0.3, 0.4) is 0 Å². The summed E-state index contributed by atoms with van der Waals surface area (Å²) in [5.41, 5.74) is 5.46. The number of nitrogens with two attached hydrogens (primary N) is 1. The van der Waals surface area contributed by atoms with Crippen LogP contribution in [0.15, 0.2) is 21.6 Å². The van der Waals surface area contributed by atoms with E-state index in [0.717, 1.165) is 18.7 Å². The third-order valence-electron chi connectivity index (χ3n) is 1.71. The van der Waals surface area contributed by atoms with E-state index in [9.17, 15) is 0 Å². The van der Waals surface area contributed by atoms with Crippen molar-refractivity contribution in [3.8, 4) is 0 Å². The summed E-state index contributed by atoms with van der Waals surface area (Å²) in [7, 11) is 0. The summed E-state index contributed by atoms with van der Waals surface area (Å²) >= 11 is 1.83. The molecule has 0 fully saturated rings. The average molecular weight is 185 g/mol. The highest BCUT2D eigenvalue weighted by molar-refractivity contribution is 8.00. The molecule has 0 bridgehead atoms. The van der Waals surface area contributed by atoms with E-state index >= 15 is 0 Å². The highest BCUT2D eigenvalue weighted by atomic mass is 32.2. The molecule has 0 aromatic carbocycles. The Morgan fingerprint density at radius 2 is 2.42 bits per heavy atom. The van der Waals surface area contributed by atoms with E-state index in [2.05, 4.69) is 6.92 Å². The molecule has 1 aromatic rings. The zero-order valence-corrected chi connectivity index (χ0v) is 8.36. The Kier molecular flexibility index (Phi) is 3.69. The quantitative estimate of drug-likeness (QED) is 0.732. The minimum absolute atomic E-state index is 0.575. The molecule has 2 N–H and O–H groups in total. The van der Waals surface area contributed by atoms with Gasteiger partial charge in [-0.3, -0.25) is 0 Å². The lowest BCUT2D eigenvalue weighted by atomic mass is 10.3. The van der Waals surface area contributed by atoms with Gasteiger partial charge in [0.1, 0.15) is 5.76 Å². The molecule has 1 rings (SSSR count). The van der Waals surface area contributed by atoms with Crippen molar-refractivity contribution < 1.29 is 4.42 Å². The summed E-state index contributed by atoms with van der Waals surface area (Å²) < 4.78 is 5.19. The topological polar surface area (TPSA) is 39.2 Å². The zero-order valence-electron chi connectivity index (χ0n) is 7.54. The zero-order chi connectivity index (χ0) is 8.97. The molecule has 0 spiro atoms. The fraction of sp³-hybridized carbons (Fsp3) is 0.556. The Labute approximate surface area is 77.5 Å². The molecule has 2 nitrogen and oxygen atoms in total. The van der Waals surface area contributed by atoms with E-state index in [1.807, 2.05) is 24.8 Å². The van der Waals surface area contributed by atoms with Crippen LogP contribution in [0.5, 0.6) is 0 Å². The lowest BCUT2D eigenvalue weighted by molar-refractivity contribution is 0.526. The number of thioether (sulfide) groups is 1. The second-order valence-corrected chi connectivity index (χ2v) is 4.33. The predicted molar refractivity (Wildman–Crippen MR) is 52.4 cm³/mol. The van der Waals surface area contributed by atoms with Crippen LogP contribution in [-0.4, -0.2) is 11.8 Å². The van der Waals surface area contributed by atoms with Crippen molar-refractivity contribution >= 4 is 11.8 Å². The standard InChI is InChI=1S/C9H15NOS/c1-7(3-5-10)12-9-4-6-11-8(9)2/h4,6-7H,3,5,10H2,1-2H3. The molecular formula is C9H15NOS. The van der Waals surface area contributed by atoms with Gasteiger partial charge in [-0.2, -0.15) is 0 Å². The molecule has 0 aliphatic heterocycles. The Hall–Kier alpha value is -0.410. The largest absolute Gasteiger partial charge is 0.468 e. The number of furan rings is 1. The Balaban J connectivity index is 2.46. The van der Waals surface area contributed by atoms with Crippen LogP contribution in [0.4, 0.5) is 0 Å². The van der Waals surface area contributed by atoms with Gasteiger partial charge in [0.05, 0.1) is 6.26 Å². The van der Waals surface area contributed by atoms with Gasteiger partial charge in [0.2, 0.25) is 0 Å². The van der Waals surface area contributed by atoms with E-state index < -0.39 is 0 Å². The van der Waals surface area contributed by atoms with Gasteiger partial charge in [0, 0.05) is 10.1 Å². The normalized spacial score (nSPS) is 13.2. The molecule has 0 amide bonds. The Morgan fingerprint density at radius 3 is 2.92 bits per heavy atom. The van der Waals surface area contributed by atoms with E-state index in [-0.39, 0.29) is 0 Å². The first kappa shape index (κ1) is 9.68. The lowest BCUT2D eigenvalue weighted by Crippen LogP contribution is -2.06. The fourth-order valence-corrected chi connectivity index (χ4v) is 2.04. The van der Waals surface area contributed by atoms with Gasteiger partial charge in [-0.15, -0.1) is 11.8 Å². The van der Waals surface area contributed by atoms with Crippen LogP contribution in [0.1, 0.15) is 19.1 Å². The van der Waals surface area contributed by atoms with Crippen molar-refractivity contribution in [2.75, 3.05) is 6.54 Å². The molecule has 68 valence electrons. The van der Waals surface area contributed by atoms with E-state index in [1.165, 1.54) is 4.90 Å². The molecular weight excluding hydrogens is 170 g/mol. The average Bonchev–Trinajstić information content (AvgIpc) is 2.37. The number of rotatable bonds is 4. The molecule has 1 heterocycles. The first-order chi connectivity index (χ1) is 5.74. The van der Waals surface area contributed by atoms with Crippen molar-refractivity contribution in [3.05, 3.63) is 18.1 Å². The van der Waals surface area contributed by atoms with Gasteiger partial charge in [0.15, 0.2) is 0 Å². The Bertz CT molecular complexity index is 234. The van der Waals surface area contributed by atoms with Crippen LogP contribution in [-0.2, 0) is 0 Å². The van der Waals surface area contributed by atoms with E-state index in [1.54, 1.807) is 6.26 Å². The van der Waals surface area contributed by atoms with Crippen molar-refractivity contribution in [2.45, 2.75) is 30.4 Å². The second kappa shape index (κ2) is 4.58. The van der Waals surface area contributed by atoms with Crippen LogP contribution in [0.25, 0.3) is 0 Å². The maximum Gasteiger partial charge on any atom is 0.114 e. The fourth-order valence-electron chi connectivity index (χ4n) is 1.01. The molecule has 0 saturated carbocycles. The summed E-state index contributed by atoms with van der Waals surface area (Å²) in [4.78, 5) is 1.23. The van der Waals surface area contributed by atoms with Gasteiger partial charge in [-0.05, 0) is 26.0 Å². The number of hydrogen-bond donors (Lipinski definition) is 1. The molecule has 1 aromatic heterocycles. The molecule has 3 heteroatoms. The summed E-state index contributed by atoms with van der Waals surface area (Å²) in [5.74, 6) is 1.00. The van der Waals surface area contributed by atoms with Crippen molar-refractivity contribution in [2.24, 2.45) is 5.73 Å². The van der Waals surface area contributed by atoms with Gasteiger partial charge < -0.3 is 10.2 Å². The highest BCUT2D eigenvalue weighted by Gasteiger charge is 2.06. The van der Waals surface area contributed by atoms with E-state index in [4.69, 9.17) is 10.2 Å². The minimum Gasteiger partial charge on any atom is -0.468 e. The number of hydrogen-bond acceptors (Lipinski definition) is 3. The van der Waals surface area contributed by atoms with Crippen LogP contribution in [0.2, 0.25) is 0 Å². The smallest absolute Gasteiger partial charge is 0.114 e. The highest BCUT2D eigenvalue weighted by Crippen LogP contribution is 2.28. The van der Waals surface area contributed by atoms with Crippen molar-refractivity contribution in [3.63, 3.8) is 0 Å². The minimum atomic E-state index is 0.575. The maximum atomic E-state index is 5.46. The molecule has 0 aliphatic carbocycles.